The summed E-state index contributed by atoms with van der Waals surface area (Å²) in [6.45, 7) is 11.6. The predicted octanol–water partition coefficient (Wildman–Crippen LogP) is 3.44. The number of hydrogen-bond acceptors (Lipinski definition) is 7. The van der Waals surface area contributed by atoms with Gasteiger partial charge in [-0.2, -0.15) is 4.31 Å². The molecule has 0 saturated heterocycles. The molecule has 1 aromatic carbocycles. The summed E-state index contributed by atoms with van der Waals surface area (Å²) in [7, 11) is -3.80. The number of fused-ring (bicyclic) bond motifs is 1. The topological polar surface area (TPSA) is 113 Å². The second-order valence-corrected chi connectivity index (χ2v) is 11.0. The number of carbonyl (C=O) groups excluding carboxylic acids is 3. The normalized spacial score (nSPS) is 13.1. The average Bonchev–Trinajstić information content (AvgIpc) is 3.21. The Balaban J connectivity index is 1.87. The van der Waals surface area contributed by atoms with Gasteiger partial charge in [-0.15, -0.1) is 24.5 Å². The fourth-order valence-corrected chi connectivity index (χ4v) is 6.47. The maximum atomic E-state index is 13.0. The minimum Gasteiger partial charge on any atom is -0.462 e. The molecule has 0 aliphatic carbocycles. The third kappa shape index (κ3) is 5.75. The fourth-order valence-electron chi connectivity index (χ4n) is 3.84. The lowest BCUT2D eigenvalue weighted by molar-refractivity contribution is -0.129. The van der Waals surface area contributed by atoms with Crippen LogP contribution < -0.4 is 5.32 Å². The number of nitrogens with zero attached hydrogens (tertiary/aromatic N) is 2. The zero-order valence-electron chi connectivity index (χ0n) is 20.3. The van der Waals surface area contributed by atoms with E-state index >= 15 is 0 Å². The Hall–Kier alpha value is -3.28. The molecule has 0 unspecified atom stereocenters. The first kappa shape index (κ1) is 27.3. The largest absolute Gasteiger partial charge is 0.462 e. The molecule has 0 spiro atoms. The number of carbonyl (C=O) groups is 3. The summed E-state index contributed by atoms with van der Waals surface area (Å²) < 4.78 is 32.2. The molecule has 3 rings (SSSR count). The van der Waals surface area contributed by atoms with Crippen LogP contribution in [0.4, 0.5) is 5.00 Å². The van der Waals surface area contributed by atoms with Gasteiger partial charge in [-0.25, -0.2) is 13.2 Å². The summed E-state index contributed by atoms with van der Waals surface area (Å²) in [6, 6.07) is 5.55. The van der Waals surface area contributed by atoms with E-state index in [-0.39, 0.29) is 36.1 Å². The predicted molar refractivity (Wildman–Crippen MR) is 139 cm³/mol. The van der Waals surface area contributed by atoms with E-state index in [1.807, 2.05) is 0 Å². The number of rotatable bonds is 10. The highest BCUT2D eigenvalue weighted by Gasteiger charge is 2.30. The number of sulfonamides is 1. The van der Waals surface area contributed by atoms with Gasteiger partial charge < -0.3 is 15.0 Å². The molecule has 0 saturated carbocycles. The standard InChI is InChI=1S/C25H29N3O6S2/c1-5-13-28(14-6-2)36(32,33)19-10-8-18(9-11-19)23(30)26-24-22(25(31)34-7-3)20-12-15-27(17(4)29)16-21(20)35-24/h5-6,8-11H,1-2,7,12-16H2,3-4H3,(H,26,30). The van der Waals surface area contributed by atoms with Crippen LogP contribution in [0.15, 0.2) is 54.5 Å². The van der Waals surface area contributed by atoms with Crippen LogP contribution in [0, 0.1) is 0 Å². The highest BCUT2D eigenvalue weighted by Crippen LogP contribution is 2.38. The van der Waals surface area contributed by atoms with Crippen LogP contribution in [0.3, 0.4) is 0 Å². The maximum Gasteiger partial charge on any atom is 0.341 e. The monoisotopic (exact) mass is 531 g/mol. The van der Waals surface area contributed by atoms with Crippen molar-refractivity contribution >= 4 is 44.1 Å². The molecule has 192 valence electrons. The van der Waals surface area contributed by atoms with Gasteiger partial charge in [0.1, 0.15) is 5.00 Å². The highest BCUT2D eigenvalue weighted by molar-refractivity contribution is 7.89. The van der Waals surface area contributed by atoms with Gasteiger partial charge in [0.05, 0.1) is 23.6 Å². The van der Waals surface area contributed by atoms with Gasteiger partial charge in [-0.3, -0.25) is 9.59 Å². The summed E-state index contributed by atoms with van der Waals surface area (Å²) in [5.74, 6) is -1.10. The maximum absolute atomic E-state index is 13.0. The Morgan fingerprint density at radius 3 is 2.36 bits per heavy atom. The zero-order valence-corrected chi connectivity index (χ0v) is 21.9. The van der Waals surface area contributed by atoms with Gasteiger partial charge in [0.25, 0.3) is 5.91 Å². The number of esters is 1. The van der Waals surface area contributed by atoms with Crippen molar-refractivity contribution in [2.45, 2.75) is 31.7 Å². The summed E-state index contributed by atoms with van der Waals surface area (Å²) in [5.41, 5.74) is 1.30. The molecular weight excluding hydrogens is 502 g/mol. The molecule has 0 atom stereocenters. The van der Waals surface area contributed by atoms with Crippen molar-refractivity contribution in [3.8, 4) is 0 Å². The van der Waals surface area contributed by atoms with Gasteiger partial charge in [0.2, 0.25) is 15.9 Å². The smallest absolute Gasteiger partial charge is 0.341 e. The van der Waals surface area contributed by atoms with E-state index in [0.717, 1.165) is 10.4 Å². The van der Waals surface area contributed by atoms with Crippen molar-refractivity contribution < 1.29 is 27.5 Å². The zero-order chi connectivity index (χ0) is 26.5. The fraction of sp³-hybridized carbons (Fsp3) is 0.320. The van der Waals surface area contributed by atoms with E-state index in [2.05, 4.69) is 18.5 Å². The second kappa shape index (κ2) is 11.6. The first-order valence-electron chi connectivity index (χ1n) is 11.3. The SMILES string of the molecule is C=CCN(CC=C)S(=O)(=O)c1ccc(C(=O)Nc2sc3c(c2C(=O)OCC)CCN(C(C)=O)C3)cc1. The Labute approximate surface area is 215 Å². The molecule has 0 radical (unpaired) electrons. The number of nitrogens with one attached hydrogen (secondary N) is 1. The Bertz CT molecular complexity index is 1270. The molecule has 1 aliphatic rings. The van der Waals surface area contributed by atoms with E-state index in [9.17, 15) is 22.8 Å². The Morgan fingerprint density at radius 1 is 1.17 bits per heavy atom. The summed E-state index contributed by atoms with van der Waals surface area (Å²) in [5, 5.41) is 3.12. The van der Waals surface area contributed by atoms with E-state index in [1.54, 1.807) is 11.8 Å². The van der Waals surface area contributed by atoms with E-state index in [4.69, 9.17) is 4.74 Å². The summed E-state index contributed by atoms with van der Waals surface area (Å²) >= 11 is 1.23. The molecule has 9 nitrogen and oxygen atoms in total. The van der Waals surface area contributed by atoms with Crippen LogP contribution in [0.2, 0.25) is 0 Å². The third-order valence-corrected chi connectivity index (χ3v) is 8.61. The van der Waals surface area contributed by atoms with Crippen molar-refractivity contribution in [2.75, 3.05) is 31.6 Å². The molecular formula is C25H29N3O6S2. The lowest BCUT2D eigenvalue weighted by Gasteiger charge is -2.25. The molecule has 0 bridgehead atoms. The molecule has 2 amide bonds. The lowest BCUT2D eigenvalue weighted by atomic mass is 10.0. The lowest BCUT2D eigenvalue weighted by Crippen LogP contribution is -2.34. The highest BCUT2D eigenvalue weighted by atomic mass is 32.2. The molecule has 1 aliphatic heterocycles. The molecule has 0 fully saturated rings. The van der Waals surface area contributed by atoms with Gasteiger partial charge >= 0.3 is 5.97 Å². The minimum absolute atomic E-state index is 0.0332. The Morgan fingerprint density at radius 2 is 1.81 bits per heavy atom. The van der Waals surface area contributed by atoms with Crippen LogP contribution in [0.25, 0.3) is 0 Å². The van der Waals surface area contributed by atoms with E-state index < -0.39 is 21.9 Å². The summed E-state index contributed by atoms with van der Waals surface area (Å²) in [6.07, 6.45) is 3.45. The molecule has 1 aromatic heterocycles. The first-order valence-corrected chi connectivity index (χ1v) is 13.6. The number of hydrogen-bond donors (Lipinski definition) is 1. The third-order valence-electron chi connectivity index (χ3n) is 5.63. The second-order valence-electron chi connectivity index (χ2n) is 8.00. The van der Waals surface area contributed by atoms with Crippen LogP contribution in [0.1, 0.15) is 45.0 Å². The summed E-state index contributed by atoms with van der Waals surface area (Å²) in [4.78, 5) is 40.1. The van der Waals surface area contributed by atoms with Crippen molar-refractivity contribution in [2.24, 2.45) is 0 Å². The first-order chi connectivity index (χ1) is 17.1. The van der Waals surface area contributed by atoms with Crippen molar-refractivity contribution in [1.29, 1.82) is 0 Å². The number of thiophene rings is 1. The quantitative estimate of drug-likeness (QED) is 0.371. The molecule has 2 aromatic rings. The van der Waals surface area contributed by atoms with Crippen LogP contribution in [-0.2, 0) is 32.5 Å². The van der Waals surface area contributed by atoms with Gasteiger partial charge in [-0.05, 0) is 43.2 Å². The number of amides is 2. The number of ether oxygens (including phenoxy) is 1. The van der Waals surface area contributed by atoms with Crippen LogP contribution >= 0.6 is 11.3 Å². The average molecular weight is 532 g/mol. The van der Waals surface area contributed by atoms with Crippen LogP contribution in [0.5, 0.6) is 0 Å². The van der Waals surface area contributed by atoms with Crippen LogP contribution in [-0.4, -0.2) is 61.6 Å². The number of benzene rings is 1. The molecule has 1 N–H and O–H groups in total. The van der Waals surface area contributed by atoms with Gasteiger partial charge in [0.15, 0.2) is 0 Å². The van der Waals surface area contributed by atoms with E-state index in [1.165, 1.54) is 59.0 Å². The minimum atomic E-state index is -3.80. The van der Waals surface area contributed by atoms with Gasteiger partial charge in [0, 0.05) is 37.0 Å². The van der Waals surface area contributed by atoms with Crippen molar-refractivity contribution in [3.05, 3.63) is 71.1 Å². The molecule has 36 heavy (non-hydrogen) atoms. The van der Waals surface area contributed by atoms with Gasteiger partial charge in [-0.1, -0.05) is 12.2 Å². The van der Waals surface area contributed by atoms with E-state index in [0.29, 0.717) is 30.1 Å². The molecule has 11 heteroatoms. The Kier molecular flexibility index (Phi) is 8.83. The molecule has 2 heterocycles. The number of anilines is 1. The van der Waals surface area contributed by atoms with Crippen molar-refractivity contribution in [3.63, 3.8) is 0 Å². The van der Waals surface area contributed by atoms with Crippen molar-refractivity contribution in [1.82, 2.24) is 9.21 Å².